The third-order valence-electron chi connectivity index (χ3n) is 2.97. The maximum Gasteiger partial charge on any atom is 0.140 e. The van der Waals surface area contributed by atoms with Crippen molar-refractivity contribution in [3.63, 3.8) is 0 Å². The monoisotopic (exact) mass is 237 g/mol. The van der Waals surface area contributed by atoms with Crippen LogP contribution in [0.25, 0.3) is 0 Å². The topological polar surface area (TPSA) is 60.9 Å². The standard InChI is InChI=1S/C13H23N3O/c1-4-10(14)7-13(17)9-12-8-11(5-2)15-16(12)6-3/h8,10H,4-7,9,14H2,1-3H3. The predicted octanol–water partition coefficient (Wildman–Crippen LogP) is 1.70. The molecule has 0 saturated heterocycles. The summed E-state index contributed by atoms with van der Waals surface area (Å²) in [5, 5.41) is 4.43. The van der Waals surface area contributed by atoms with Crippen LogP contribution in [-0.4, -0.2) is 21.6 Å². The molecule has 0 amide bonds. The molecule has 0 fully saturated rings. The van der Waals surface area contributed by atoms with Gasteiger partial charge in [-0.3, -0.25) is 9.48 Å². The van der Waals surface area contributed by atoms with Gasteiger partial charge in [0.05, 0.1) is 5.69 Å². The van der Waals surface area contributed by atoms with Crippen LogP contribution in [0.4, 0.5) is 0 Å². The fourth-order valence-corrected chi connectivity index (χ4v) is 1.81. The van der Waals surface area contributed by atoms with Gasteiger partial charge in [-0.05, 0) is 25.8 Å². The minimum Gasteiger partial charge on any atom is -0.327 e. The van der Waals surface area contributed by atoms with Crippen molar-refractivity contribution in [3.05, 3.63) is 17.5 Å². The zero-order valence-corrected chi connectivity index (χ0v) is 11.1. The molecule has 0 saturated carbocycles. The van der Waals surface area contributed by atoms with Crippen LogP contribution in [0.5, 0.6) is 0 Å². The Labute approximate surface area is 103 Å². The van der Waals surface area contributed by atoms with Crippen LogP contribution in [0.1, 0.15) is 45.0 Å². The molecule has 1 aromatic heterocycles. The van der Waals surface area contributed by atoms with E-state index in [0.717, 1.165) is 30.8 Å². The fourth-order valence-electron chi connectivity index (χ4n) is 1.81. The van der Waals surface area contributed by atoms with Crippen LogP contribution in [0.15, 0.2) is 6.07 Å². The summed E-state index contributed by atoms with van der Waals surface area (Å²) in [5.41, 5.74) is 7.85. The average molecular weight is 237 g/mol. The minimum absolute atomic E-state index is 0.00820. The van der Waals surface area contributed by atoms with E-state index >= 15 is 0 Å². The molecule has 1 aromatic rings. The summed E-state index contributed by atoms with van der Waals surface area (Å²) in [4.78, 5) is 11.8. The van der Waals surface area contributed by atoms with E-state index in [1.165, 1.54) is 0 Å². The molecule has 1 atom stereocenters. The largest absolute Gasteiger partial charge is 0.327 e. The molecule has 4 nitrogen and oxygen atoms in total. The van der Waals surface area contributed by atoms with E-state index in [9.17, 15) is 4.79 Å². The van der Waals surface area contributed by atoms with Crippen molar-refractivity contribution in [2.75, 3.05) is 0 Å². The molecular formula is C13H23N3O. The summed E-state index contributed by atoms with van der Waals surface area (Å²) in [6, 6.07) is 2.02. The van der Waals surface area contributed by atoms with E-state index in [1.54, 1.807) is 0 Å². The number of hydrogen-bond donors (Lipinski definition) is 1. The number of ketones is 1. The Hall–Kier alpha value is -1.16. The van der Waals surface area contributed by atoms with Gasteiger partial charge in [0.2, 0.25) is 0 Å². The number of nitrogens with zero attached hydrogens (tertiary/aromatic N) is 2. The lowest BCUT2D eigenvalue weighted by atomic mass is 10.1. The first kappa shape index (κ1) is 13.9. The van der Waals surface area contributed by atoms with Crippen LogP contribution in [0, 0.1) is 0 Å². The van der Waals surface area contributed by atoms with E-state index in [0.29, 0.717) is 12.8 Å². The molecule has 0 spiro atoms. The first-order valence-corrected chi connectivity index (χ1v) is 6.43. The average Bonchev–Trinajstić information content (AvgIpc) is 2.70. The molecule has 0 aromatic carbocycles. The second kappa shape index (κ2) is 6.55. The summed E-state index contributed by atoms with van der Waals surface area (Å²) < 4.78 is 1.91. The van der Waals surface area contributed by atoms with Gasteiger partial charge in [-0.1, -0.05) is 13.8 Å². The number of aromatic nitrogens is 2. The second-order valence-electron chi connectivity index (χ2n) is 4.38. The lowest BCUT2D eigenvalue weighted by molar-refractivity contribution is -0.118. The van der Waals surface area contributed by atoms with Crippen molar-refractivity contribution in [1.29, 1.82) is 0 Å². The fraction of sp³-hybridized carbons (Fsp3) is 0.692. The zero-order chi connectivity index (χ0) is 12.8. The molecule has 1 rings (SSSR count). The third kappa shape index (κ3) is 3.97. The van der Waals surface area contributed by atoms with E-state index in [1.807, 2.05) is 24.6 Å². The van der Waals surface area contributed by atoms with Gasteiger partial charge in [0.15, 0.2) is 0 Å². The predicted molar refractivity (Wildman–Crippen MR) is 68.9 cm³/mol. The first-order valence-electron chi connectivity index (χ1n) is 6.43. The van der Waals surface area contributed by atoms with Crippen molar-refractivity contribution in [3.8, 4) is 0 Å². The highest BCUT2D eigenvalue weighted by atomic mass is 16.1. The van der Waals surface area contributed by atoms with Crippen LogP contribution >= 0.6 is 0 Å². The number of Topliss-reactive ketones (excluding diaryl/α,β-unsaturated/α-hetero) is 1. The van der Waals surface area contributed by atoms with Gasteiger partial charge in [0.1, 0.15) is 5.78 Å². The highest BCUT2D eigenvalue weighted by Gasteiger charge is 2.12. The Bertz CT molecular complexity index is 371. The van der Waals surface area contributed by atoms with Crippen molar-refractivity contribution >= 4 is 5.78 Å². The maximum atomic E-state index is 11.8. The van der Waals surface area contributed by atoms with Crippen molar-refractivity contribution in [2.24, 2.45) is 5.73 Å². The second-order valence-corrected chi connectivity index (χ2v) is 4.38. The number of rotatable bonds is 7. The molecule has 2 N–H and O–H groups in total. The smallest absolute Gasteiger partial charge is 0.140 e. The molecule has 0 aliphatic heterocycles. The molecule has 1 unspecified atom stereocenters. The number of carbonyl (C=O) groups is 1. The molecule has 0 aliphatic carbocycles. The number of hydrogen-bond acceptors (Lipinski definition) is 3. The van der Waals surface area contributed by atoms with Gasteiger partial charge in [0.25, 0.3) is 0 Å². The van der Waals surface area contributed by atoms with Crippen LogP contribution in [0.2, 0.25) is 0 Å². The Balaban J connectivity index is 2.66. The molecule has 1 heterocycles. The van der Waals surface area contributed by atoms with Crippen molar-refractivity contribution in [2.45, 2.75) is 59.0 Å². The lowest BCUT2D eigenvalue weighted by Crippen LogP contribution is -2.24. The lowest BCUT2D eigenvalue weighted by Gasteiger charge is -2.08. The summed E-state index contributed by atoms with van der Waals surface area (Å²) in [7, 11) is 0. The van der Waals surface area contributed by atoms with Gasteiger partial charge in [-0.15, -0.1) is 0 Å². The van der Waals surface area contributed by atoms with Crippen LogP contribution in [-0.2, 0) is 24.2 Å². The van der Waals surface area contributed by atoms with Gasteiger partial charge in [-0.25, -0.2) is 0 Å². The molecule has 0 aliphatic rings. The Morgan fingerprint density at radius 1 is 1.47 bits per heavy atom. The van der Waals surface area contributed by atoms with Crippen molar-refractivity contribution < 1.29 is 4.79 Å². The van der Waals surface area contributed by atoms with Crippen LogP contribution in [0.3, 0.4) is 0 Å². The highest BCUT2D eigenvalue weighted by Crippen LogP contribution is 2.08. The van der Waals surface area contributed by atoms with Gasteiger partial charge in [-0.2, -0.15) is 5.10 Å². The molecular weight excluding hydrogens is 214 g/mol. The summed E-state index contributed by atoms with van der Waals surface area (Å²) >= 11 is 0. The summed E-state index contributed by atoms with van der Waals surface area (Å²) in [6.45, 7) is 6.92. The van der Waals surface area contributed by atoms with E-state index in [2.05, 4.69) is 12.0 Å². The van der Waals surface area contributed by atoms with Crippen molar-refractivity contribution in [1.82, 2.24) is 9.78 Å². The SMILES string of the molecule is CCc1cc(CC(=O)CC(N)CC)n(CC)n1. The Kier molecular flexibility index (Phi) is 5.35. The third-order valence-corrected chi connectivity index (χ3v) is 2.97. The summed E-state index contributed by atoms with van der Waals surface area (Å²) in [5.74, 6) is 0.205. The molecule has 0 bridgehead atoms. The normalized spacial score (nSPS) is 12.7. The number of nitrogens with two attached hydrogens (primary N) is 1. The van der Waals surface area contributed by atoms with E-state index in [4.69, 9.17) is 5.73 Å². The summed E-state index contributed by atoms with van der Waals surface area (Å²) in [6.07, 6.45) is 2.67. The quantitative estimate of drug-likeness (QED) is 0.785. The molecule has 96 valence electrons. The number of aryl methyl sites for hydroxylation is 2. The molecule has 4 heteroatoms. The minimum atomic E-state index is -0.00820. The molecule has 0 radical (unpaired) electrons. The first-order chi connectivity index (χ1) is 8.10. The van der Waals surface area contributed by atoms with Gasteiger partial charge < -0.3 is 5.73 Å². The van der Waals surface area contributed by atoms with E-state index < -0.39 is 0 Å². The van der Waals surface area contributed by atoms with Gasteiger partial charge >= 0.3 is 0 Å². The van der Waals surface area contributed by atoms with E-state index in [-0.39, 0.29) is 11.8 Å². The van der Waals surface area contributed by atoms with Crippen LogP contribution < -0.4 is 5.73 Å². The Morgan fingerprint density at radius 2 is 2.18 bits per heavy atom. The highest BCUT2D eigenvalue weighted by molar-refractivity contribution is 5.81. The zero-order valence-electron chi connectivity index (χ0n) is 11.1. The maximum absolute atomic E-state index is 11.8. The Morgan fingerprint density at radius 3 is 2.71 bits per heavy atom. The van der Waals surface area contributed by atoms with Gasteiger partial charge in [0, 0.05) is 31.1 Å². The molecule has 17 heavy (non-hydrogen) atoms. The number of carbonyl (C=O) groups excluding carboxylic acids is 1.